The molecule has 0 fully saturated rings. The van der Waals surface area contributed by atoms with E-state index in [9.17, 15) is 14.0 Å². The number of benzene rings is 3. The Labute approximate surface area is 137 Å². The second kappa shape index (κ2) is 4.51. The van der Waals surface area contributed by atoms with E-state index in [-0.39, 0.29) is 11.8 Å². The summed E-state index contributed by atoms with van der Waals surface area (Å²) in [6, 6.07) is 13.0. The van der Waals surface area contributed by atoms with Crippen molar-refractivity contribution in [2.75, 3.05) is 4.90 Å². The largest absolute Gasteiger partial charge is 0.268 e. The van der Waals surface area contributed by atoms with Gasteiger partial charge in [-0.05, 0) is 65.8 Å². The summed E-state index contributed by atoms with van der Waals surface area (Å²) in [6.07, 6.45) is 1.89. The minimum absolute atomic E-state index is 0.352. The van der Waals surface area contributed by atoms with Gasteiger partial charge in [-0.2, -0.15) is 0 Å². The summed E-state index contributed by atoms with van der Waals surface area (Å²) in [7, 11) is 0. The summed E-state index contributed by atoms with van der Waals surface area (Å²) in [5.41, 5.74) is 3.85. The maximum Gasteiger partial charge on any atom is 0.265 e. The Hall–Kier alpha value is -3.01. The predicted octanol–water partition coefficient (Wildman–Crippen LogP) is 3.88. The van der Waals surface area contributed by atoms with Gasteiger partial charge < -0.3 is 0 Å². The van der Waals surface area contributed by atoms with E-state index in [0.29, 0.717) is 16.8 Å². The number of halogens is 1. The minimum atomic E-state index is -0.404. The van der Waals surface area contributed by atoms with Crippen LogP contribution in [-0.2, 0) is 12.8 Å². The standard InChI is InChI=1S/C20H12FNO2/c21-13-5-7-14(8-6-13)22-19(23)15-9-3-11-1-2-12-4-10-16(20(22)24)18(15)17(11)12/h3-10H,1-2H2. The third kappa shape index (κ3) is 1.60. The number of hydrogen-bond acceptors (Lipinski definition) is 2. The first-order chi connectivity index (χ1) is 11.6. The smallest absolute Gasteiger partial charge is 0.265 e. The third-order valence-electron chi connectivity index (χ3n) is 4.95. The number of imide groups is 1. The van der Waals surface area contributed by atoms with Crippen LogP contribution in [0.2, 0.25) is 0 Å². The van der Waals surface area contributed by atoms with Gasteiger partial charge in [0, 0.05) is 16.5 Å². The van der Waals surface area contributed by atoms with E-state index >= 15 is 0 Å². The van der Waals surface area contributed by atoms with Crippen molar-refractivity contribution < 1.29 is 14.0 Å². The van der Waals surface area contributed by atoms with Crippen molar-refractivity contribution in [3.05, 3.63) is 76.6 Å². The van der Waals surface area contributed by atoms with E-state index in [1.165, 1.54) is 35.4 Å². The highest BCUT2D eigenvalue weighted by Crippen LogP contribution is 2.39. The van der Waals surface area contributed by atoms with Gasteiger partial charge >= 0.3 is 0 Å². The molecule has 2 amide bonds. The van der Waals surface area contributed by atoms with Crippen LogP contribution in [0.15, 0.2) is 48.5 Å². The van der Waals surface area contributed by atoms with Crippen LogP contribution >= 0.6 is 0 Å². The number of anilines is 1. The maximum atomic E-state index is 13.2. The number of rotatable bonds is 1. The second-order valence-electron chi connectivity index (χ2n) is 6.22. The van der Waals surface area contributed by atoms with E-state index in [0.717, 1.165) is 28.5 Å². The molecule has 0 radical (unpaired) electrons. The van der Waals surface area contributed by atoms with Gasteiger partial charge in [0.2, 0.25) is 0 Å². The molecule has 3 aromatic carbocycles. The Balaban J connectivity index is 1.79. The zero-order valence-electron chi connectivity index (χ0n) is 12.7. The van der Waals surface area contributed by atoms with Crippen molar-refractivity contribution in [2.45, 2.75) is 12.8 Å². The molecule has 0 unspecified atom stereocenters. The van der Waals surface area contributed by atoms with Gasteiger partial charge in [0.15, 0.2) is 0 Å². The number of hydrogen-bond donors (Lipinski definition) is 0. The van der Waals surface area contributed by atoms with Crippen LogP contribution in [0.25, 0.3) is 10.8 Å². The Morgan fingerprint density at radius 1 is 0.708 bits per heavy atom. The van der Waals surface area contributed by atoms with Crippen LogP contribution < -0.4 is 4.90 Å². The first-order valence-electron chi connectivity index (χ1n) is 7.87. The molecule has 3 aromatic rings. The molecular weight excluding hydrogens is 305 g/mol. The molecule has 0 saturated heterocycles. The molecule has 4 heteroatoms. The molecule has 116 valence electrons. The highest BCUT2D eigenvalue weighted by molar-refractivity contribution is 6.36. The topological polar surface area (TPSA) is 37.4 Å². The quantitative estimate of drug-likeness (QED) is 0.639. The zero-order chi connectivity index (χ0) is 16.4. The third-order valence-corrected chi connectivity index (χ3v) is 4.95. The highest BCUT2D eigenvalue weighted by Gasteiger charge is 2.35. The van der Waals surface area contributed by atoms with Crippen molar-refractivity contribution in [3.63, 3.8) is 0 Å². The van der Waals surface area contributed by atoms with Gasteiger partial charge in [-0.15, -0.1) is 0 Å². The van der Waals surface area contributed by atoms with Gasteiger partial charge in [-0.1, -0.05) is 12.1 Å². The van der Waals surface area contributed by atoms with E-state index in [1.807, 2.05) is 24.3 Å². The molecule has 1 heterocycles. The summed E-state index contributed by atoms with van der Waals surface area (Å²) in [5.74, 6) is -1.11. The van der Waals surface area contributed by atoms with Gasteiger partial charge in [0.05, 0.1) is 5.69 Å². The van der Waals surface area contributed by atoms with E-state index in [4.69, 9.17) is 0 Å². The van der Waals surface area contributed by atoms with E-state index in [2.05, 4.69) is 0 Å². The molecule has 0 aromatic heterocycles. The van der Waals surface area contributed by atoms with E-state index < -0.39 is 5.82 Å². The first kappa shape index (κ1) is 13.4. The average molecular weight is 317 g/mol. The molecule has 1 aliphatic carbocycles. The maximum absolute atomic E-state index is 13.2. The number of carbonyl (C=O) groups excluding carboxylic acids is 2. The normalized spacial score (nSPS) is 15.5. The fourth-order valence-corrected chi connectivity index (χ4v) is 3.84. The van der Waals surface area contributed by atoms with Crippen molar-refractivity contribution in [1.29, 1.82) is 0 Å². The van der Waals surface area contributed by atoms with Crippen molar-refractivity contribution in [2.24, 2.45) is 0 Å². The molecule has 2 aliphatic rings. The molecule has 3 nitrogen and oxygen atoms in total. The fourth-order valence-electron chi connectivity index (χ4n) is 3.84. The number of carbonyl (C=O) groups is 2. The van der Waals surface area contributed by atoms with Gasteiger partial charge in [0.25, 0.3) is 11.8 Å². The molecule has 0 N–H and O–H groups in total. The summed E-state index contributed by atoms with van der Waals surface area (Å²) in [5, 5.41) is 1.83. The van der Waals surface area contributed by atoms with E-state index in [1.54, 1.807) is 0 Å². The lowest BCUT2D eigenvalue weighted by Crippen LogP contribution is -2.40. The zero-order valence-corrected chi connectivity index (χ0v) is 12.7. The Kier molecular flexibility index (Phi) is 2.52. The SMILES string of the molecule is O=C1c2ccc3c4c(ccc(c24)C(=O)N1c1ccc(F)cc1)CC3. The molecule has 0 bridgehead atoms. The molecule has 0 saturated carbocycles. The van der Waals surface area contributed by atoms with Crippen molar-refractivity contribution >= 4 is 28.3 Å². The lowest BCUT2D eigenvalue weighted by atomic mass is 9.91. The van der Waals surface area contributed by atoms with Crippen LogP contribution in [0.3, 0.4) is 0 Å². The molecule has 5 rings (SSSR count). The highest BCUT2D eigenvalue weighted by atomic mass is 19.1. The lowest BCUT2D eigenvalue weighted by Gasteiger charge is -2.27. The molecule has 1 aliphatic heterocycles. The lowest BCUT2D eigenvalue weighted by molar-refractivity contribution is 0.0893. The molecular formula is C20H12FNO2. The van der Waals surface area contributed by atoms with Crippen LogP contribution in [0.1, 0.15) is 31.8 Å². The number of aryl methyl sites for hydroxylation is 2. The monoisotopic (exact) mass is 317 g/mol. The van der Waals surface area contributed by atoms with Crippen LogP contribution in [-0.4, -0.2) is 11.8 Å². The molecule has 24 heavy (non-hydrogen) atoms. The predicted molar refractivity (Wildman–Crippen MR) is 88.9 cm³/mol. The molecule has 0 atom stereocenters. The van der Waals surface area contributed by atoms with Crippen molar-refractivity contribution in [1.82, 2.24) is 0 Å². The van der Waals surface area contributed by atoms with Crippen LogP contribution in [0, 0.1) is 5.82 Å². The summed E-state index contributed by atoms with van der Waals surface area (Å²) in [4.78, 5) is 27.0. The Morgan fingerprint density at radius 3 is 1.79 bits per heavy atom. The second-order valence-corrected chi connectivity index (χ2v) is 6.22. The Bertz CT molecular complexity index is 995. The van der Waals surface area contributed by atoms with Crippen LogP contribution in [0.5, 0.6) is 0 Å². The summed E-state index contributed by atoms with van der Waals surface area (Å²) in [6.45, 7) is 0. The van der Waals surface area contributed by atoms with Crippen molar-refractivity contribution in [3.8, 4) is 0 Å². The number of nitrogens with zero attached hydrogens (tertiary/aromatic N) is 1. The van der Waals surface area contributed by atoms with Crippen LogP contribution in [0.4, 0.5) is 10.1 Å². The van der Waals surface area contributed by atoms with Gasteiger partial charge in [0.1, 0.15) is 5.82 Å². The Morgan fingerprint density at radius 2 is 1.25 bits per heavy atom. The fraction of sp³-hybridized carbons (Fsp3) is 0.100. The van der Waals surface area contributed by atoms with Gasteiger partial charge in [-0.3, -0.25) is 9.59 Å². The first-order valence-corrected chi connectivity index (χ1v) is 7.87. The number of amides is 2. The van der Waals surface area contributed by atoms with Gasteiger partial charge in [-0.25, -0.2) is 9.29 Å². The summed E-state index contributed by atoms with van der Waals surface area (Å²) < 4.78 is 13.2. The molecule has 0 spiro atoms. The average Bonchev–Trinajstić information content (AvgIpc) is 3.01. The summed E-state index contributed by atoms with van der Waals surface area (Å²) >= 11 is 0. The minimum Gasteiger partial charge on any atom is -0.268 e.